The van der Waals surface area contributed by atoms with Crippen molar-refractivity contribution in [1.29, 1.82) is 0 Å². The molecule has 1 N–H and O–H groups in total. The van der Waals surface area contributed by atoms with Crippen molar-refractivity contribution in [1.82, 2.24) is 4.90 Å². The summed E-state index contributed by atoms with van der Waals surface area (Å²) in [5.74, 6) is -0.208. The number of aliphatic carboxylic acids is 1. The Morgan fingerprint density at radius 3 is 2.63 bits per heavy atom. The Balaban J connectivity index is 1.93. The van der Waals surface area contributed by atoms with Gasteiger partial charge in [0.25, 0.3) is 0 Å². The van der Waals surface area contributed by atoms with Gasteiger partial charge in [0.1, 0.15) is 0 Å². The zero-order chi connectivity index (χ0) is 14.0. The van der Waals surface area contributed by atoms with Gasteiger partial charge in [-0.1, -0.05) is 13.8 Å². The van der Waals surface area contributed by atoms with E-state index < -0.39 is 5.97 Å². The molecular weight excluding hydrogens is 242 g/mol. The van der Waals surface area contributed by atoms with Crippen LogP contribution in [0.5, 0.6) is 0 Å². The number of hydrogen-bond donors (Lipinski definition) is 1. The molecule has 0 saturated carbocycles. The summed E-state index contributed by atoms with van der Waals surface area (Å²) in [6.07, 6.45) is 4.14. The molecule has 0 radical (unpaired) electrons. The molecule has 0 aromatic carbocycles. The minimum absolute atomic E-state index is 0.146. The van der Waals surface area contributed by atoms with Gasteiger partial charge in [-0.3, -0.25) is 9.69 Å². The topological polar surface area (TPSA) is 49.8 Å². The van der Waals surface area contributed by atoms with E-state index in [1.807, 2.05) is 0 Å². The highest BCUT2D eigenvalue weighted by Crippen LogP contribution is 2.30. The number of carbonyl (C=O) groups is 1. The third-order valence-corrected chi connectivity index (χ3v) is 4.78. The van der Waals surface area contributed by atoms with Crippen LogP contribution in [0, 0.1) is 11.8 Å². The van der Waals surface area contributed by atoms with Crippen LogP contribution < -0.4 is 0 Å². The summed E-state index contributed by atoms with van der Waals surface area (Å²) in [5.41, 5.74) is 0. The Kier molecular flexibility index (Phi) is 4.85. The third-order valence-electron chi connectivity index (χ3n) is 4.78. The lowest BCUT2D eigenvalue weighted by Gasteiger charge is -2.45. The van der Waals surface area contributed by atoms with E-state index in [9.17, 15) is 4.79 Å². The van der Waals surface area contributed by atoms with Crippen molar-refractivity contribution in [2.75, 3.05) is 13.2 Å². The van der Waals surface area contributed by atoms with Gasteiger partial charge in [-0.2, -0.15) is 0 Å². The van der Waals surface area contributed by atoms with Gasteiger partial charge < -0.3 is 9.84 Å². The van der Waals surface area contributed by atoms with Gasteiger partial charge in [-0.15, -0.1) is 0 Å². The van der Waals surface area contributed by atoms with Crippen LogP contribution >= 0.6 is 0 Å². The molecule has 0 spiro atoms. The van der Waals surface area contributed by atoms with E-state index in [0.717, 1.165) is 38.8 Å². The van der Waals surface area contributed by atoms with Crippen LogP contribution in [0.1, 0.15) is 46.5 Å². The smallest absolute Gasteiger partial charge is 0.306 e. The molecule has 110 valence electrons. The van der Waals surface area contributed by atoms with E-state index in [-0.39, 0.29) is 5.92 Å². The maximum absolute atomic E-state index is 11.1. The number of piperidine rings is 1. The molecule has 0 aromatic heterocycles. The second-order valence-electron chi connectivity index (χ2n) is 6.48. The quantitative estimate of drug-likeness (QED) is 0.854. The van der Waals surface area contributed by atoms with Crippen molar-refractivity contribution < 1.29 is 14.6 Å². The predicted molar refractivity (Wildman–Crippen MR) is 74.1 cm³/mol. The second-order valence-corrected chi connectivity index (χ2v) is 6.48. The Morgan fingerprint density at radius 1 is 1.32 bits per heavy atom. The van der Waals surface area contributed by atoms with Crippen LogP contribution in [0.3, 0.4) is 0 Å². The number of hydrogen-bond acceptors (Lipinski definition) is 3. The van der Waals surface area contributed by atoms with E-state index in [4.69, 9.17) is 9.84 Å². The van der Waals surface area contributed by atoms with Crippen molar-refractivity contribution in [3.05, 3.63) is 0 Å². The molecule has 2 aliphatic rings. The Hall–Kier alpha value is -0.610. The fourth-order valence-electron chi connectivity index (χ4n) is 3.53. The van der Waals surface area contributed by atoms with Gasteiger partial charge in [0.2, 0.25) is 0 Å². The highest BCUT2D eigenvalue weighted by Gasteiger charge is 2.36. The summed E-state index contributed by atoms with van der Waals surface area (Å²) in [6.45, 7) is 8.38. The minimum atomic E-state index is -0.626. The highest BCUT2D eigenvalue weighted by molar-refractivity contribution is 5.70. The zero-order valence-corrected chi connectivity index (χ0v) is 12.3. The van der Waals surface area contributed by atoms with E-state index in [2.05, 4.69) is 25.7 Å². The van der Waals surface area contributed by atoms with Gasteiger partial charge in [-0.05, 0) is 45.1 Å². The molecule has 0 aromatic rings. The molecular formula is C15H27NO3. The molecule has 19 heavy (non-hydrogen) atoms. The lowest BCUT2D eigenvalue weighted by molar-refractivity contribution is -0.145. The van der Waals surface area contributed by atoms with Crippen LogP contribution in [0.4, 0.5) is 0 Å². The monoisotopic (exact) mass is 269 g/mol. The molecule has 4 nitrogen and oxygen atoms in total. The summed E-state index contributed by atoms with van der Waals surface area (Å²) in [4.78, 5) is 13.6. The molecule has 4 heteroatoms. The van der Waals surface area contributed by atoms with E-state index in [1.54, 1.807) is 0 Å². The number of carboxylic acids is 1. The van der Waals surface area contributed by atoms with Gasteiger partial charge in [0.15, 0.2) is 0 Å². The van der Waals surface area contributed by atoms with Crippen LogP contribution in [-0.2, 0) is 9.53 Å². The Bertz CT molecular complexity index is 319. The maximum Gasteiger partial charge on any atom is 0.306 e. The van der Waals surface area contributed by atoms with E-state index >= 15 is 0 Å². The zero-order valence-electron chi connectivity index (χ0n) is 12.3. The Labute approximate surface area is 116 Å². The Morgan fingerprint density at radius 2 is 2.05 bits per heavy atom. The number of likely N-dealkylation sites (tertiary alicyclic amines) is 1. The molecule has 0 aliphatic carbocycles. The molecule has 0 amide bonds. The molecule has 4 unspecified atom stereocenters. The van der Waals surface area contributed by atoms with Crippen molar-refractivity contribution in [2.45, 2.75) is 64.6 Å². The van der Waals surface area contributed by atoms with Crippen molar-refractivity contribution in [2.24, 2.45) is 11.8 Å². The molecule has 2 saturated heterocycles. The van der Waals surface area contributed by atoms with Crippen molar-refractivity contribution in [3.8, 4) is 0 Å². The maximum atomic E-state index is 11.1. The summed E-state index contributed by atoms with van der Waals surface area (Å²) >= 11 is 0. The largest absolute Gasteiger partial charge is 0.481 e. The molecule has 2 rings (SSSR count). The molecule has 4 atom stereocenters. The number of nitrogens with zero attached hydrogens (tertiary/aromatic N) is 1. The van der Waals surface area contributed by atoms with Gasteiger partial charge in [0.05, 0.1) is 12.0 Å². The summed E-state index contributed by atoms with van der Waals surface area (Å²) in [7, 11) is 0. The van der Waals surface area contributed by atoms with Gasteiger partial charge >= 0.3 is 5.97 Å². The minimum Gasteiger partial charge on any atom is -0.481 e. The average molecular weight is 269 g/mol. The number of carboxylic acid groups (broad SMARTS) is 1. The first-order valence-corrected chi connectivity index (χ1v) is 7.59. The van der Waals surface area contributed by atoms with Crippen LogP contribution in [0.15, 0.2) is 0 Å². The molecule has 0 bridgehead atoms. The number of ether oxygens (including phenoxy) is 1. The first-order chi connectivity index (χ1) is 8.99. The van der Waals surface area contributed by atoms with Crippen LogP contribution in [-0.4, -0.2) is 47.3 Å². The first-order valence-electron chi connectivity index (χ1n) is 7.59. The molecule has 2 heterocycles. The first kappa shape index (κ1) is 14.8. The fourth-order valence-corrected chi connectivity index (χ4v) is 3.53. The van der Waals surface area contributed by atoms with E-state index in [1.165, 1.54) is 0 Å². The van der Waals surface area contributed by atoms with E-state index in [0.29, 0.717) is 24.1 Å². The van der Waals surface area contributed by atoms with Crippen LogP contribution in [0.2, 0.25) is 0 Å². The third kappa shape index (κ3) is 3.48. The summed E-state index contributed by atoms with van der Waals surface area (Å²) in [5, 5.41) is 9.13. The molecule has 2 fully saturated rings. The summed E-state index contributed by atoms with van der Waals surface area (Å²) in [6, 6.07) is 0.955. The average Bonchev–Trinajstić information content (AvgIpc) is 2.38. The normalized spacial score (nSPS) is 37.5. The predicted octanol–water partition coefficient (Wildman–Crippen LogP) is 2.38. The fraction of sp³-hybridized carbons (Fsp3) is 0.933. The lowest BCUT2D eigenvalue weighted by Crippen LogP contribution is -2.51. The van der Waals surface area contributed by atoms with Gasteiger partial charge in [0, 0.05) is 18.7 Å². The van der Waals surface area contributed by atoms with Gasteiger partial charge in [-0.25, -0.2) is 0 Å². The summed E-state index contributed by atoms with van der Waals surface area (Å²) < 4.78 is 5.83. The standard InChI is InChI=1S/C15H27NO3/c1-10(2)14-9-13(5-7-19-14)16-6-4-12(15(17)18)8-11(16)3/h10-14H,4-9H2,1-3H3,(H,17,18). The van der Waals surface area contributed by atoms with Crippen LogP contribution in [0.25, 0.3) is 0 Å². The van der Waals surface area contributed by atoms with Crippen molar-refractivity contribution >= 4 is 5.97 Å². The number of rotatable bonds is 3. The molecule has 2 aliphatic heterocycles. The SMILES string of the molecule is CC(C)C1CC(N2CCC(C(=O)O)CC2C)CCO1. The lowest BCUT2D eigenvalue weighted by atomic mass is 9.87. The van der Waals surface area contributed by atoms with Crippen molar-refractivity contribution in [3.63, 3.8) is 0 Å². The second kappa shape index (κ2) is 6.23. The highest BCUT2D eigenvalue weighted by atomic mass is 16.5.